The molecule has 4 rings (SSSR count). The molecule has 0 N–H and O–H groups in total. The molecule has 0 saturated heterocycles. The van der Waals surface area contributed by atoms with Crippen LogP contribution in [0.15, 0.2) is 48.5 Å². The highest BCUT2D eigenvalue weighted by Gasteiger charge is 2.25. The van der Waals surface area contributed by atoms with Crippen LogP contribution in [-0.2, 0) is 9.59 Å². The Morgan fingerprint density at radius 3 is 2.32 bits per heavy atom. The first-order valence-electron chi connectivity index (χ1n) is 7.07. The van der Waals surface area contributed by atoms with E-state index in [1.807, 2.05) is 42.5 Å². The van der Waals surface area contributed by atoms with Gasteiger partial charge >= 0.3 is 11.9 Å². The van der Waals surface area contributed by atoms with E-state index < -0.39 is 11.9 Å². The first-order valence-corrected chi connectivity index (χ1v) is 7.07. The second-order valence-electron chi connectivity index (χ2n) is 5.26. The summed E-state index contributed by atoms with van der Waals surface area (Å²) in [4.78, 5) is 23.5. The van der Waals surface area contributed by atoms with Crippen molar-refractivity contribution in [2.75, 3.05) is 0 Å². The average molecular weight is 292 g/mol. The number of hydrogen-bond acceptors (Lipinski definition) is 4. The van der Waals surface area contributed by atoms with Crippen LogP contribution >= 0.6 is 0 Å². The molecule has 0 radical (unpaired) electrons. The third-order valence-electron chi connectivity index (χ3n) is 3.78. The summed E-state index contributed by atoms with van der Waals surface area (Å²) in [6, 6.07) is 15.5. The van der Waals surface area contributed by atoms with E-state index in [0.29, 0.717) is 11.5 Å². The van der Waals surface area contributed by atoms with Crippen LogP contribution < -0.4 is 9.47 Å². The van der Waals surface area contributed by atoms with Gasteiger partial charge in [0.25, 0.3) is 0 Å². The van der Waals surface area contributed by atoms with E-state index >= 15 is 0 Å². The molecule has 1 aliphatic heterocycles. The minimum atomic E-state index is -0.416. The smallest absolute Gasteiger partial charge is 0.311 e. The van der Waals surface area contributed by atoms with Gasteiger partial charge in [0.15, 0.2) is 11.5 Å². The molecule has 0 unspecified atom stereocenters. The van der Waals surface area contributed by atoms with E-state index in [0.717, 1.165) is 21.9 Å². The van der Waals surface area contributed by atoms with Crippen LogP contribution in [0.2, 0.25) is 0 Å². The molecule has 108 valence electrons. The fourth-order valence-electron chi connectivity index (χ4n) is 2.69. The van der Waals surface area contributed by atoms with Crippen LogP contribution in [0.3, 0.4) is 0 Å². The Morgan fingerprint density at radius 1 is 0.773 bits per heavy atom. The molecule has 4 nitrogen and oxygen atoms in total. The highest BCUT2D eigenvalue weighted by Crippen LogP contribution is 2.45. The lowest BCUT2D eigenvalue weighted by atomic mass is 10.1. The molecule has 22 heavy (non-hydrogen) atoms. The van der Waals surface area contributed by atoms with Crippen molar-refractivity contribution in [3.8, 4) is 22.6 Å². The second-order valence-corrected chi connectivity index (χ2v) is 5.26. The van der Waals surface area contributed by atoms with Gasteiger partial charge in [0, 0.05) is 5.56 Å². The molecule has 2 aliphatic carbocycles. The number of esters is 2. The van der Waals surface area contributed by atoms with E-state index in [4.69, 9.17) is 9.47 Å². The topological polar surface area (TPSA) is 52.6 Å². The summed E-state index contributed by atoms with van der Waals surface area (Å²) in [6.45, 7) is 0. The lowest BCUT2D eigenvalue weighted by Gasteiger charge is -2.11. The van der Waals surface area contributed by atoms with Crippen molar-refractivity contribution in [1.29, 1.82) is 0 Å². The van der Waals surface area contributed by atoms with Crippen molar-refractivity contribution in [3.63, 3.8) is 0 Å². The van der Waals surface area contributed by atoms with Gasteiger partial charge in [-0.1, -0.05) is 36.4 Å². The fourth-order valence-corrected chi connectivity index (χ4v) is 2.69. The first kappa shape index (κ1) is 12.8. The Labute approximate surface area is 126 Å². The van der Waals surface area contributed by atoms with Gasteiger partial charge in [-0.2, -0.15) is 0 Å². The average Bonchev–Trinajstić information content (AvgIpc) is 2.70. The van der Waals surface area contributed by atoms with Crippen molar-refractivity contribution in [2.24, 2.45) is 0 Å². The number of hydrogen-bond donors (Lipinski definition) is 0. The summed E-state index contributed by atoms with van der Waals surface area (Å²) in [6.07, 6.45) is 0.0706. The monoisotopic (exact) mass is 292 g/mol. The highest BCUT2D eigenvalue weighted by molar-refractivity contribution is 5.94. The van der Waals surface area contributed by atoms with E-state index in [1.165, 1.54) is 0 Å². The Hall–Kier alpha value is -2.88. The van der Waals surface area contributed by atoms with Crippen LogP contribution in [0.4, 0.5) is 0 Å². The number of fused-ring (bicyclic) bond motifs is 4. The molecule has 1 aromatic carbocycles. The van der Waals surface area contributed by atoms with Gasteiger partial charge < -0.3 is 9.47 Å². The van der Waals surface area contributed by atoms with Crippen LogP contribution in [0, 0.1) is 0 Å². The fraction of sp³-hybridized carbons (Fsp3) is 0.111. The molecular formula is C18H12O4. The van der Waals surface area contributed by atoms with Gasteiger partial charge in [0.05, 0.1) is 12.8 Å². The molecule has 0 saturated carbocycles. The molecule has 1 heterocycles. The predicted molar refractivity (Wildman–Crippen MR) is 81.1 cm³/mol. The SMILES string of the molecule is O=C1CCC(=O)Oc2c(cc3ccc4ccccc4cc2-3)O1. The van der Waals surface area contributed by atoms with Gasteiger partial charge in [0.2, 0.25) is 0 Å². The predicted octanol–water partition coefficient (Wildman–Crippen LogP) is 3.55. The Bertz CT molecular complexity index is 882. The molecular weight excluding hydrogens is 280 g/mol. The molecule has 0 aromatic heterocycles. The third kappa shape index (κ3) is 2.09. The van der Waals surface area contributed by atoms with Gasteiger partial charge in [-0.15, -0.1) is 0 Å². The van der Waals surface area contributed by atoms with Gasteiger partial charge in [-0.3, -0.25) is 9.59 Å². The summed E-state index contributed by atoms with van der Waals surface area (Å²) < 4.78 is 10.7. The van der Waals surface area contributed by atoms with Gasteiger partial charge in [0.1, 0.15) is 0 Å². The second kappa shape index (κ2) is 4.84. The van der Waals surface area contributed by atoms with Crippen molar-refractivity contribution < 1.29 is 19.1 Å². The minimum Gasteiger partial charge on any atom is -0.422 e. The molecule has 3 aliphatic rings. The zero-order valence-corrected chi connectivity index (χ0v) is 11.7. The summed E-state index contributed by atoms with van der Waals surface area (Å²) in [7, 11) is 0. The van der Waals surface area contributed by atoms with Crippen molar-refractivity contribution in [2.45, 2.75) is 12.8 Å². The van der Waals surface area contributed by atoms with Crippen LogP contribution in [0.1, 0.15) is 12.8 Å². The maximum atomic E-state index is 11.8. The number of carbonyl (C=O) groups excluding carboxylic acids is 2. The highest BCUT2D eigenvalue weighted by atomic mass is 16.6. The van der Waals surface area contributed by atoms with E-state index in [-0.39, 0.29) is 12.8 Å². The van der Waals surface area contributed by atoms with E-state index in [9.17, 15) is 9.59 Å². The maximum Gasteiger partial charge on any atom is 0.311 e. The zero-order chi connectivity index (χ0) is 15.1. The molecule has 0 amide bonds. The Balaban J connectivity index is 1.99. The molecule has 1 aromatic rings. The quantitative estimate of drug-likeness (QED) is 0.595. The van der Waals surface area contributed by atoms with E-state index in [1.54, 1.807) is 6.07 Å². The number of rotatable bonds is 0. The zero-order valence-electron chi connectivity index (χ0n) is 11.7. The van der Waals surface area contributed by atoms with Crippen LogP contribution in [0.5, 0.6) is 11.5 Å². The standard InChI is InChI=1S/C18H12O4/c19-16-7-8-17(20)22-18-14-9-12-4-2-1-3-11(12)5-6-13(14)10-15(18)21-16/h1-6,9-10H,7-8H2. The number of ether oxygens (including phenoxy) is 2. The van der Waals surface area contributed by atoms with Crippen LogP contribution in [-0.4, -0.2) is 11.9 Å². The Morgan fingerprint density at radius 2 is 1.50 bits per heavy atom. The lowest BCUT2D eigenvalue weighted by Crippen LogP contribution is -2.17. The molecule has 0 bridgehead atoms. The summed E-state index contributed by atoms with van der Waals surface area (Å²) in [5.41, 5.74) is 1.63. The summed E-state index contributed by atoms with van der Waals surface area (Å²) in [5, 5.41) is 2.11. The van der Waals surface area contributed by atoms with Gasteiger partial charge in [-0.25, -0.2) is 0 Å². The maximum absolute atomic E-state index is 11.8. The number of benzene rings is 1. The summed E-state index contributed by atoms with van der Waals surface area (Å²) >= 11 is 0. The summed E-state index contributed by atoms with van der Waals surface area (Å²) in [5.74, 6) is -0.193. The van der Waals surface area contributed by atoms with Crippen molar-refractivity contribution in [3.05, 3.63) is 48.5 Å². The minimum absolute atomic E-state index is 0.0324. The van der Waals surface area contributed by atoms with Crippen molar-refractivity contribution >= 4 is 22.7 Å². The van der Waals surface area contributed by atoms with Gasteiger partial charge in [-0.05, 0) is 28.5 Å². The first-order chi connectivity index (χ1) is 10.7. The largest absolute Gasteiger partial charge is 0.422 e. The molecule has 0 fully saturated rings. The third-order valence-corrected chi connectivity index (χ3v) is 3.78. The Kier molecular flexibility index (Phi) is 2.82. The lowest BCUT2D eigenvalue weighted by molar-refractivity contribution is -0.142. The number of carbonyl (C=O) groups is 2. The molecule has 0 atom stereocenters. The van der Waals surface area contributed by atoms with E-state index in [2.05, 4.69) is 0 Å². The van der Waals surface area contributed by atoms with Crippen molar-refractivity contribution in [1.82, 2.24) is 0 Å². The van der Waals surface area contributed by atoms with Crippen LogP contribution in [0.25, 0.3) is 21.9 Å². The molecule has 0 spiro atoms. The molecule has 4 heteroatoms. The normalized spacial score (nSPS) is 14.9.